The SMILES string of the molecule is COCCn1nc(C(=O)N2CCCC2c2ccc(OC)cc2)ccc1=O. The molecular formula is C19H23N3O4. The molecule has 1 aliphatic rings. The topological polar surface area (TPSA) is 73.7 Å². The molecule has 138 valence electrons. The van der Waals surface area contributed by atoms with E-state index in [0.717, 1.165) is 24.2 Å². The summed E-state index contributed by atoms with van der Waals surface area (Å²) in [4.78, 5) is 26.7. The summed E-state index contributed by atoms with van der Waals surface area (Å²) in [7, 11) is 3.19. The molecule has 7 nitrogen and oxygen atoms in total. The lowest BCUT2D eigenvalue weighted by molar-refractivity contribution is 0.0725. The molecule has 1 aromatic heterocycles. The minimum atomic E-state index is -0.244. The van der Waals surface area contributed by atoms with Gasteiger partial charge in [0.2, 0.25) is 0 Å². The van der Waals surface area contributed by atoms with Crippen LogP contribution in [-0.2, 0) is 11.3 Å². The summed E-state index contributed by atoms with van der Waals surface area (Å²) in [5.41, 5.74) is 1.11. The number of benzene rings is 1. The summed E-state index contributed by atoms with van der Waals surface area (Å²) < 4.78 is 11.5. The molecule has 0 radical (unpaired) electrons. The summed E-state index contributed by atoms with van der Waals surface area (Å²) in [6, 6.07) is 10.7. The maximum Gasteiger partial charge on any atom is 0.274 e. The van der Waals surface area contributed by atoms with Gasteiger partial charge in [0.05, 0.1) is 26.3 Å². The quantitative estimate of drug-likeness (QED) is 0.789. The van der Waals surface area contributed by atoms with Gasteiger partial charge in [-0.2, -0.15) is 5.10 Å². The Morgan fingerprint density at radius 2 is 1.96 bits per heavy atom. The van der Waals surface area contributed by atoms with Crippen LogP contribution in [0.1, 0.15) is 34.9 Å². The molecule has 0 bridgehead atoms. The van der Waals surface area contributed by atoms with Gasteiger partial charge in [-0.25, -0.2) is 4.68 Å². The average Bonchev–Trinajstić information content (AvgIpc) is 3.16. The first-order chi connectivity index (χ1) is 12.6. The van der Waals surface area contributed by atoms with Gasteiger partial charge in [0.25, 0.3) is 11.5 Å². The number of nitrogens with zero attached hydrogens (tertiary/aromatic N) is 3. The molecule has 26 heavy (non-hydrogen) atoms. The number of likely N-dealkylation sites (tertiary alicyclic amines) is 1. The molecule has 0 saturated carbocycles. The monoisotopic (exact) mass is 357 g/mol. The molecule has 2 heterocycles. The number of methoxy groups -OCH3 is 2. The van der Waals surface area contributed by atoms with E-state index in [0.29, 0.717) is 19.7 Å². The van der Waals surface area contributed by atoms with Crippen molar-refractivity contribution in [2.45, 2.75) is 25.4 Å². The van der Waals surface area contributed by atoms with Crippen LogP contribution in [0.3, 0.4) is 0 Å². The van der Waals surface area contributed by atoms with Crippen molar-refractivity contribution < 1.29 is 14.3 Å². The molecule has 1 fully saturated rings. The van der Waals surface area contributed by atoms with Crippen LogP contribution >= 0.6 is 0 Å². The van der Waals surface area contributed by atoms with Gasteiger partial charge >= 0.3 is 0 Å². The lowest BCUT2D eigenvalue weighted by atomic mass is 10.0. The first kappa shape index (κ1) is 18.1. The van der Waals surface area contributed by atoms with Gasteiger partial charge in [-0.15, -0.1) is 0 Å². The van der Waals surface area contributed by atoms with Gasteiger partial charge in [0, 0.05) is 19.7 Å². The second-order valence-corrected chi connectivity index (χ2v) is 6.20. The second kappa shape index (κ2) is 8.14. The molecular weight excluding hydrogens is 334 g/mol. The van der Waals surface area contributed by atoms with Crippen LogP contribution in [-0.4, -0.2) is 48.0 Å². The fraction of sp³-hybridized carbons (Fsp3) is 0.421. The minimum Gasteiger partial charge on any atom is -0.497 e. The normalized spacial score (nSPS) is 16.7. The largest absolute Gasteiger partial charge is 0.497 e. The Morgan fingerprint density at radius 3 is 2.65 bits per heavy atom. The van der Waals surface area contributed by atoms with E-state index in [1.807, 2.05) is 29.2 Å². The third-order valence-electron chi connectivity index (χ3n) is 4.61. The molecule has 1 amide bonds. The first-order valence-electron chi connectivity index (χ1n) is 8.66. The first-order valence-corrected chi connectivity index (χ1v) is 8.66. The average molecular weight is 357 g/mol. The second-order valence-electron chi connectivity index (χ2n) is 6.20. The number of aromatic nitrogens is 2. The number of amides is 1. The molecule has 1 aromatic carbocycles. The highest BCUT2D eigenvalue weighted by Crippen LogP contribution is 2.33. The molecule has 2 aromatic rings. The van der Waals surface area contributed by atoms with E-state index in [4.69, 9.17) is 9.47 Å². The lowest BCUT2D eigenvalue weighted by Gasteiger charge is -2.25. The number of rotatable bonds is 6. The lowest BCUT2D eigenvalue weighted by Crippen LogP contribution is -2.34. The minimum absolute atomic E-state index is 0.00885. The van der Waals surface area contributed by atoms with Gasteiger partial charge < -0.3 is 14.4 Å². The number of carbonyl (C=O) groups excluding carboxylic acids is 1. The van der Waals surface area contributed by atoms with E-state index in [1.165, 1.54) is 16.8 Å². The van der Waals surface area contributed by atoms with Gasteiger partial charge in [0.15, 0.2) is 0 Å². The summed E-state index contributed by atoms with van der Waals surface area (Å²) >= 11 is 0. The Labute approximate surface area is 152 Å². The standard InChI is InChI=1S/C19H23N3O4/c1-25-13-12-22-18(23)10-9-16(20-22)19(24)21-11-3-4-17(21)14-5-7-15(26-2)8-6-14/h5-10,17H,3-4,11-13H2,1-2H3. The molecule has 3 rings (SSSR count). The molecule has 0 spiro atoms. The van der Waals surface area contributed by atoms with Gasteiger partial charge in [-0.1, -0.05) is 12.1 Å². The summed E-state index contributed by atoms with van der Waals surface area (Å²) in [5.74, 6) is 0.631. The molecule has 7 heteroatoms. The van der Waals surface area contributed by atoms with Crippen LogP contribution in [0.5, 0.6) is 5.75 Å². The zero-order valence-electron chi connectivity index (χ0n) is 15.1. The van der Waals surface area contributed by atoms with Crippen LogP contribution in [0, 0.1) is 0 Å². The third-order valence-corrected chi connectivity index (χ3v) is 4.61. The Morgan fingerprint density at radius 1 is 1.19 bits per heavy atom. The Hall–Kier alpha value is -2.67. The predicted molar refractivity (Wildman–Crippen MR) is 96.4 cm³/mol. The van der Waals surface area contributed by atoms with Crippen molar-refractivity contribution in [3.63, 3.8) is 0 Å². The fourth-order valence-electron chi connectivity index (χ4n) is 3.23. The van der Waals surface area contributed by atoms with Crippen molar-refractivity contribution in [2.75, 3.05) is 27.4 Å². The summed E-state index contributed by atoms with van der Waals surface area (Å²) in [6.45, 7) is 1.36. The van der Waals surface area contributed by atoms with Crippen LogP contribution in [0.2, 0.25) is 0 Å². The van der Waals surface area contributed by atoms with Gasteiger partial charge in [0.1, 0.15) is 11.4 Å². The predicted octanol–water partition coefficient (Wildman–Crippen LogP) is 1.88. The van der Waals surface area contributed by atoms with E-state index >= 15 is 0 Å². The molecule has 1 unspecified atom stereocenters. The summed E-state index contributed by atoms with van der Waals surface area (Å²) in [6.07, 6.45) is 1.84. The number of carbonyl (C=O) groups is 1. The number of hydrogen-bond acceptors (Lipinski definition) is 5. The maximum absolute atomic E-state index is 13.0. The smallest absolute Gasteiger partial charge is 0.274 e. The van der Waals surface area contributed by atoms with Crippen LogP contribution in [0.4, 0.5) is 0 Å². The number of hydrogen-bond donors (Lipinski definition) is 0. The van der Waals surface area contributed by atoms with Gasteiger partial charge in [-0.3, -0.25) is 9.59 Å². The number of ether oxygens (including phenoxy) is 2. The van der Waals surface area contributed by atoms with Crippen LogP contribution < -0.4 is 10.3 Å². The van der Waals surface area contributed by atoms with E-state index in [2.05, 4.69) is 5.10 Å². The van der Waals surface area contributed by atoms with Crippen molar-refractivity contribution >= 4 is 5.91 Å². The molecule has 0 N–H and O–H groups in total. The van der Waals surface area contributed by atoms with Crippen molar-refractivity contribution in [3.8, 4) is 5.75 Å². The Kier molecular flexibility index (Phi) is 5.68. The summed E-state index contributed by atoms with van der Waals surface area (Å²) in [5, 5.41) is 4.22. The Bertz CT molecular complexity index is 816. The fourth-order valence-corrected chi connectivity index (χ4v) is 3.23. The van der Waals surface area contributed by atoms with E-state index in [-0.39, 0.29) is 23.2 Å². The highest BCUT2D eigenvalue weighted by Gasteiger charge is 2.31. The highest BCUT2D eigenvalue weighted by molar-refractivity contribution is 5.92. The molecule has 1 aliphatic heterocycles. The zero-order chi connectivity index (χ0) is 18.5. The van der Waals surface area contributed by atoms with Crippen molar-refractivity contribution in [2.24, 2.45) is 0 Å². The molecule has 0 aliphatic carbocycles. The maximum atomic E-state index is 13.0. The van der Waals surface area contributed by atoms with E-state index in [1.54, 1.807) is 14.2 Å². The van der Waals surface area contributed by atoms with Crippen molar-refractivity contribution in [1.29, 1.82) is 0 Å². The van der Waals surface area contributed by atoms with E-state index < -0.39 is 0 Å². The third kappa shape index (κ3) is 3.77. The molecule has 1 saturated heterocycles. The van der Waals surface area contributed by atoms with Crippen LogP contribution in [0.25, 0.3) is 0 Å². The van der Waals surface area contributed by atoms with Crippen molar-refractivity contribution in [3.05, 3.63) is 58.0 Å². The highest BCUT2D eigenvalue weighted by atomic mass is 16.5. The van der Waals surface area contributed by atoms with E-state index in [9.17, 15) is 9.59 Å². The van der Waals surface area contributed by atoms with Crippen molar-refractivity contribution in [1.82, 2.24) is 14.7 Å². The molecule has 1 atom stereocenters. The zero-order valence-corrected chi connectivity index (χ0v) is 15.1. The van der Waals surface area contributed by atoms with Crippen LogP contribution in [0.15, 0.2) is 41.2 Å². The van der Waals surface area contributed by atoms with Gasteiger partial charge in [-0.05, 0) is 36.6 Å². The Balaban J connectivity index is 1.82.